The number of furan rings is 1. The fourth-order valence-electron chi connectivity index (χ4n) is 1.05. The lowest BCUT2D eigenvalue weighted by Crippen LogP contribution is -2.07. The van der Waals surface area contributed by atoms with Gasteiger partial charge in [-0.25, -0.2) is 0 Å². The van der Waals surface area contributed by atoms with Crippen molar-refractivity contribution < 1.29 is 4.42 Å². The lowest BCUT2D eigenvalue weighted by molar-refractivity contribution is 0.530. The van der Waals surface area contributed by atoms with Gasteiger partial charge in [-0.3, -0.25) is 0 Å². The van der Waals surface area contributed by atoms with Gasteiger partial charge in [-0.15, -0.1) is 0 Å². The van der Waals surface area contributed by atoms with Gasteiger partial charge >= 0.3 is 0 Å². The van der Waals surface area contributed by atoms with Crippen molar-refractivity contribution in [3.05, 3.63) is 28.1 Å². The van der Waals surface area contributed by atoms with E-state index in [1.54, 1.807) is 0 Å². The van der Waals surface area contributed by atoms with Crippen LogP contribution in [0, 0.1) is 5.92 Å². The Morgan fingerprint density at radius 3 is 2.69 bits per heavy atom. The molecule has 0 aliphatic rings. The molecule has 0 saturated heterocycles. The summed E-state index contributed by atoms with van der Waals surface area (Å²) in [5.41, 5.74) is 6.80. The first-order valence-electron chi connectivity index (χ1n) is 4.29. The lowest BCUT2D eigenvalue weighted by Gasteiger charge is -2.06. The molecule has 0 atom stereocenters. The van der Waals surface area contributed by atoms with Gasteiger partial charge in [0.1, 0.15) is 5.76 Å². The van der Waals surface area contributed by atoms with Crippen LogP contribution in [0.5, 0.6) is 0 Å². The van der Waals surface area contributed by atoms with Crippen LogP contribution in [0.25, 0.3) is 6.08 Å². The fourth-order valence-corrected chi connectivity index (χ4v) is 1.37. The van der Waals surface area contributed by atoms with Gasteiger partial charge in [-0.2, -0.15) is 0 Å². The quantitative estimate of drug-likeness (QED) is 0.887. The van der Waals surface area contributed by atoms with E-state index in [1.807, 2.05) is 18.2 Å². The Bertz CT molecular complexity index is 302. The van der Waals surface area contributed by atoms with Gasteiger partial charge < -0.3 is 10.2 Å². The molecular weight excluding hydrogens is 230 g/mol. The van der Waals surface area contributed by atoms with Gasteiger partial charge in [-0.1, -0.05) is 19.4 Å². The minimum Gasteiger partial charge on any atom is -0.450 e. The van der Waals surface area contributed by atoms with Crippen molar-refractivity contribution in [2.24, 2.45) is 11.7 Å². The highest BCUT2D eigenvalue weighted by Gasteiger charge is 2.02. The molecular formula is C10H14BrNO. The average Bonchev–Trinajstić information content (AvgIpc) is 2.46. The molecule has 1 rings (SSSR count). The fraction of sp³-hybridized carbons (Fsp3) is 0.400. The van der Waals surface area contributed by atoms with Gasteiger partial charge in [0, 0.05) is 6.54 Å². The van der Waals surface area contributed by atoms with Gasteiger partial charge in [0.05, 0.1) is 0 Å². The number of nitrogens with two attached hydrogens (primary N) is 1. The van der Waals surface area contributed by atoms with E-state index < -0.39 is 0 Å². The van der Waals surface area contributed by atoms with Crippen LogP contribution >= 0.6 is 15.9 Å². The summed E-state index contributed by atoms with van der Waals surface area (Å²) in [7, 11) is 0. The van der Waals surface area contributed by atoms with Crippen molar-refractivity contribution in [2.75, 3.05) is 6.54 Å². The Kier molecular flexibility index (Phi) is 3.75. The first-order chi connectivity index (χ1) is 6.13. The summed E-state index contributed by atoms with van der Waals surface area (Å²) in [6.45, 7) is 4.82. The van der Waals surface area contributed by atoms with Gasteiger partial charge in [0.2, 0.25) is 0 Å². The van der Waals surface area contributed by atoms with E-state index in [-0.39, 0.29) is 0 Å². The van der Waals surface area contributed by atoms with Crippen molar-refractivity contribution in [3.63, 3.8) is 0 Å². The molecule has 3 heteroatoms. The Labute approximate surface area is 86.9 Å². The molecule has 0 aromatic carbocycles. The molecule has 0 fully saturated rings. The molecule has 0 radical (unpaired) electrons. The van der Waals surface area contributed by atoms with E-state index in [9.17, 15) is 0 Å². The summed E-state index contributed by atoms with van der Waals surface area (Å²) in [6.07, 6.45) is 2.00. The minimum absolute atomic E-state index is 0.467. The Morgan fingerprint density at radius 1 is 1.62 bits per heavy atom. The molecule has 0 unspecified atom stereocenters. The molecule has 0 spiro atoms. The van der Waals surface area contributed by atoms with E-state index in [1.165, 1.54) is 5.57 Å². The summed E-state index contributed by atoms with van der Waals surface area (Å²) >= 11 is 3.25. The van der Waals surface area contributed by atoms with E-state index in [2.05, 4.69) is 29.8 Å². The van der Waals surface area contributed by atoms with Crippen molar-refractivity contribution in [1.82, 2.24) is 0 Å². The molecule has 72 valence electrons. The zero-order chi connectivity index (χ0) is 9.84. The molecule has 1 aromatic heterocycles. The predicted molar refractivity (Wildman–Crippen MR) is 58.3 cm³/mol. The number of hydrogen-bond acceptors (Lipinski definition) is 2. The molecule has 0 aliphatic carbocycles. The van der Waals surface area contributed by atoms with Gasteiger partial charge in [-0.05, 0) is 40.1 Å². The monoisotopic (exact) mass is 243 g/mol. The summed E-state index contributed by atoms with van der Waals surface area (Å²) in [6, 6.07) is 3.79. The summed E-state index contributed by atoms with van der Waals surface area (Å²) < 4.78 is 6.10. The summed E-state index contributed by atoms with van der Waals surface area (Å²) in [5, 5.41) is 0. The Hall–Kier alpha value is -0.540. The van der Waals surface area contributed by atoms with E-state index in [4.69, 9.17) is 10.2 Å². The second kappa shape index (κ2) is 4.63. The second-order valence-corrected chi connectivity index (χ2v) is 4.00. The Morgan fingerprint density at radius 2 is 2.31 bits per heavy atom. The maximum atomic E-state index is 5.61. The minimum atomic E-state index is 0.467. The van der Waals surface area contributed by atoms with Crippen LogP contribution in [0.4, 0.5) is 0 Å². The Balaban J connectivity index is 2.84. The predicted octanol–water partition coefficient (Wildman–Crippen LogP) is 3.04. The highest BCUT2D eigenvalue weighted by Crippen LogP contribution is 2.18. The van der Waals surface area contributed by atoms with Crippen molar-refractivity contribution >= 4 is 22.0 Å². The first kappa shape index (κ1) is 10.5. The normalized spacial score (nSPS) is 12.5. The van der Waals surface area contributed by atoms with E-state index in [0.717, 1.165) is 10.4 Å². The second-order valence-electron chi connectivity index (χ2n) is 3.22. The van der Waals surface area contributed by atoms with E-state index in [0.29, 0.717) is 12.5 Å². The van der Waals surface area contributed by atoms with Crippen molar-refractivity contribution in [3.8, 4) is 0 Å². The standard InChI is InChI=1S/C10H14BrNO/c1-7(2)8(6-12)5-9-3-4-10(11)13-9/h3-5,7H,6,12H2,1-2H3/b8-5+. The molecule has 0 amide bonds. The number of halogens is 1. The first-order valence-corrected chi connectivity index (χ1v) is 5.08. The number of rotatable bonds is 3. The summed E-state index contributed by atoms with van der Waals surface area (Å²) in [4.78, 5) is 0. The molecule has 0 aliphatic heterocycles. The third kappa shape index (κ3) is 3.01. The summed E-state index contributed by atoms with van der Waals surface area (Å²) in [5.74, 6) is 1.31. The van der Waals surface area contributed by atoms with Crippen LogP contribution in [0.15, 0.2) is 26.8 Å². The lowest BCUT2D eigenvalue weighted by atomic mass is 10.0. The van der Waals surface area contributed by atoms with Crippen LogP contribution < -0.4 is 5.73 Å². The highest BCUT2D eigenvalue weighted by atomic mass is 79.9. The molecule has 0 saturated carbocycles. The third-order valence-corrected chi connectivity index (χ3v) is 2.33. The molecule has 1 aromatic rings. The number of hydrogen-bond donors (Lipinski definition) is 1. The third-order valence-electron chi connectivity index (χ3n) is 1.90. The van der Waals surface area contributed by atoms with Crippen LogP contribution in [-0.4, -0.2) is 6.54 Å². The van der Waals surface area contributed by atoms with Crippen LogP contribution in [-0.2, 0) is 0 Å². The maximum absolute atomic E-state index is 5.61. The van der Waals surface area contributed by atoms with Crippen molar-refractivity contribution in [2.45, 2.75) is 13.8 Å². The molecule has 2 nitrogen and oxygen atoms in total. The average molecular weight is 244 g/mol. The molecule has 13 heavy (non-hydrogen) atoms. The van der Waals surface area contributed by atoms with Gasteiger partial charge in [0.15, 0.2) is 4.67 Å². The van der Waals surface area contributed by atoms with Gasteiger partial charge in [0.25, 0.3) is 0 Å². The van der Waals surface area contributed by atoms with Crippen molar-refractivity contribution in [1.29, 1.82) is 0 Å². The van der Waals surface area contributed by atoms with E-state index >= 15 is 0 Å². The van der Waals surface area contributed by atoms with Crippen LogP contribution in [0.2, 0.25) is 0 Å². The topological polar surface area (TPSA) is 39.2 Å². The largest absolute Gasteiger partial charge is 0.450 e. The van der Waals surface area contributed by atoms with Crippen LogP contribution in [0.3, 0.4) is 0 Å². The molecule has 2 N–H and O–H groups in total. The highest BCUT2D eigenvalue weighted by molar-refractivity contribution is 9.10. The SMILES string of the molecule is CC(C)/C(=C/c1ccc(Br)o1)CN. The zero-order valence-electron chi connectivity index (χ0n) is 7.88. The molecule has 0 bridgehead atoms. The smallest absolute Gasteiger partial charge is 0.169 e. The maximum Gasteiger partial charge on any atom is 0.169 e. The zero-order valence-corrected chi connectivity index (χ0v) is 9.47. The molecule has 1 heterocycles. The van der Waals surface area contributed by atoms with Crippen LogP contribution in [0.1, 0.15) is 19.6 Å².